The number of hydrogen-bond acceptors (Lipinski definition) is 7. The molecule has 10 atom stereocenters. The Morgan fingerprint density at radius 2 is 1.83 bits per heavy atom. The van der Waals surface area contributed by atoms with E-state index in [0.29, 0.717) is 24.2 Å². The minimum atomic E-state index is -1.07. The number of nitrogens with zero attached hydrogens (tertiary/aromatic N) is 2. The molecule has 1 heterocycles. The molecule has 0 spiro atoms. The van der Waals surface area contributed by atoms with Crippen LogP contribution in [0.2, 0.25) is 0 Å². The molecule has 1 aliphatic heterocycles. The van der Waals surface area contributed by atoms with Gasteiger partial charge in [-0.05, 0) is 81.5 Å². The van der Waals surface area contributed by atoms with Crippen molar-refractivity contribution in [2.45, 2.75) is 94.2 Å². The highest BCUT2D eigenvalue weighted by Crippen LogP contribution is 2.64. The van der Waals surface area contributed by atoms with E-state index in [4.69, 9.17) is 16.2 Å². The highest BCUT2D eigenvalue weighted by molar-refractivity contribution is 5.84. The first kappa shape index (κ1) is 20.2. The number of nitriles is 1. The summed E-state index contributed by atoms with van der Waals surface area (Å²) in [7, 11) is 0. The van der Waals surface area contributed by atoms with Crippen molar-refractivity contribution < 1.29 is 19.4 Å². The van der Waals surface area contributed by atoms with Gasteiger partial charge < -0.3 is 26.2 Å². The molecule has 5 saturated carbocycles. The fourth-order valence-corrected chi connectivity index (χ4v) is 7.52. The summed E-state index contributed by atoms with van der Waals surface area (Å²) in [6.45, 7) is 1.48. The van der Waals surface area contributed by atoms with Crippen molar-refractivity contribution in [2.24, 2.45) is 34.6 Å². The zero-order chi connectivity index (χ0) is 21.4. The number of carbonyl (C=O) groups excluding carboxylic acids is 2. The molecule has 164 valence electrons. The van der Waals surface area contributed by atoms with Gasteiger partial charge in [0.2, 0.25) is 5.91 Å². The maximum atomic E-state index is 13.5. The Kier molecular flexibility index (Phi) is 4.48. The van der Waals surface area contributed by atoms with E-state index < -0.39 is 35.2 Å². The van der Waals surface area contributed by atoms with Gasteiger partial charge in [0.05, 0.1) is 18.2 Å². The maximum absolute atomic E-state index is 13.5. The average molecular weight is 417 g/mol. The molecule has 1 saturated heterocycles. The number of fused-ring (bicyclic) bond motifs is 1. The number of esters is 1. The summed E-state index contributed by atoms with van der Waals surface area (Å²) in [6, 6.07) is 0.348. The fraction of sp³-hybridized carbons (Fsp3) is 0.864. The summed E-state index contributed by atoms with van der Waals surface area (Å²) in [4.78, 5) is 27.8. The number of amides is 1. The van der Waals surface area contributed by atoms with Crippen LogP contribution in [0.5, 0.6) is 0 Å². The summed E-state index contributed by atoms with van der Waals surface area (Å²) >= 11 is 0. The average Bonchev–Trinajstić information content (AvgIpc) is 3.34. The first-order valence-corrected chi connectivity index (χ1v) is 11.3. The molecule has 8 heteroatoms. The van der Waals surface area contributed by atoms with Crippen LogP contribution in [0.1, 0.15) is 58.3 Å². The predicted molar refractivity (Wildman–Crippen MR) is 106 cm³/mol. The predicted octanol–water partition coefficient (Wildman–Crippen LogP) is 0.417. The second-order valence-electron chi connectivity index (χ2n) is 10.9. The summed E-state index contributed by atoms with van der Waals surface area (Å²) in [5.74, 6) is 0.526. The van der Waals surface area contributed by atoms with Gasteiger partial charge in [-0.2, -0.15) is 5.26 Å². The first-order valence-electron chi connectivity index (χ1n) is 11.3. The minimum Gasteiger partial charge on any atom is -0.458 e. The molecule has 30 heavy (non-hydrogen) atoms. The lowest BCUT2D eigenvalue weighted by Crippen LogP contribution is -2.66. The van der Waals surface area contributed by atoms with Crippen molar-refractivity contribution in [1.29, 1.82) is 5.26 Å². The summed E-state index contributed by atoms with van der Waals surface area (Å²) < 4.78 is 5.97. The normalized spacial score (nSPS) is 46.0. The van der Waals surface area contributed by atoms with Crippen molar-refractivity contribution >= 4 is 11.9 Å². The molecule has 0 aromatic heterocycles. The zero-order valence-electron chi connectivity index (χ0n) is 17.5. The van der Waals surface area contributed by atoms with Crippen molar-refractivity contribution in [1.82, 2.24) is 4.90 Å². The van der Waals surface area contributed by atoms with Crippen LogP contribution in [-0.4, -0.2) is 57.8 Å². The molecule has 0 aromatic carbocycles. The van der Waals surface area contributed by atoms with Crippen LogP contribution in [0.15, 0.2) is 0 Å². The number of piperidine rings is 1. The first-order chi connectivity index (χ1) is 14.2. The molecule has 8 nitrogen and oxygen atoms in total. The third kappa shape index (κ3) is 2.97. The van der Waals surface area contributed by atoms with E-state index in [2.05, 4.69) is 6.07 Å². The van der Waals surface area contributed by atoms with E-state index in [-0.39, 0.29) is 18.0 Å². The monoisotopic (exact) mass is 416 g/mol. The van der Waals surface area contributed by atoms with E-state index in [1.54, 1.807) is 4.90 Å². The maximum Gasteiger partial charge on any atom is 0.326 e. The molecule has 6 rings (SSSR count). The number of ether oxygens (including phenoxy) is 1. The van der Waals surface area contributed by atoms with Crippen LogP contribution in [-0.2, 0) is 14.3 Å². The molecule has 0 radical (unpaired) electrons. The molecule has 5 unspecified atom stereocenters. The van der Waals surface area contributed by atoms with Crippen LogP contribution >= 0.6 is 0 Å². The quantitative estimate of drug-likeness (QED) is 0.551. The van der Waals surface area contributed by atoms with Crippen molar-refractivity contribution in [3.8, 4) is 6.07 Å². The number of likely N-dealkylation sites (tertiary alicyclic amines) is 1. The topological polar surface area (TPSA) is 143 Å². The number of rotatable bonds is 5. The van der Waals surface area contributed by atoms with Gasteiger partial charge in [0.1, 0.15) is 17.7 Å². The van der Waals surface area contributed by atoms with Gasteiger partial charge in [-0.1, -0.05) is 0 Å². The van der Waals surface area contributed by atoms with Crippen LogP contribution in [0, 0.1) is 34.5 Å². The smallest absolute Gasteiger partial charge is 0.326 e. The standard InChI is InChI=1S/C22H32N4O4/c1-11(27)17(24)20(29)30-22-7-12-2-13(8-22)6-21(5-12,10-22)18(25)19(28)26-15(9-23)3-14-4-16(14)26/h11-18,27H,2-8,10,24-25H2,1H3/t11?,12-,13?,14?,15-,16?,17?,18+,21+,22+/m0/s1. The Labute approximate surface area is 176 Å². The Balaban J connectivity index is 1.38. The van der Waals surface area contributed by atoms with E-state index in [0.717, 1.165) is 44.9 Å². The van der Waals surface area contributed by atoms with Crippen LogP contribution in [0.25, 0.3) is 0 Å². The van der Waals surface area contributed by atoms with Crippen molar-refractivity contribution in [2.75, 3.05) is 0 Å². The van der Waals surface area contributed by atoms with E-state index in [1.807, 2.05) is 0 Å². The molecule has 6 aliphatic rings. The van der Waals surface area contributed by atoms with Gasteiger partial charge in [0.25, 0.3) is 0 Å². The van der Waals surface area contributed by atoms with E-state index >= 15 is 0 Å². The molecule has 6 fully saturated rings. The second-order valence-corrected chi connectivity index (χ2v) is 10.9. The third-order valence-corrected chi connectivity index (χ3v) is 8.60. The molecular formula is C22H32N4O4. The zero-order valence-corrected chi connectivity index (χ0v) is 17.5. The summed E-state index contributed by atoms with van der Waals surface area (Å²) in [6.07, 6.45) is 5.71. The highest BCUT2D eigenvalue weighted by atomic mass is 16.6. The van der Waals surface area contributed by atoms with Gasteiger partial charge in [0, 0.05) is 6.04 Å². The Morgan fingerprint density at radius 3 is 2.43 bits per heavy atom. The van der Waals surface area contributed by atoms with Crippen molar-refractivity contribution in [3.05, 3.63) is 0 Å². The number of aliphatic hydroxyl groups excluding tert-OH is 1. The fourth-order valence-electron chi connectivity index (χ4n) is 7.52. The van der Waals surface area contributed by atoms with Gasteiger partial charge in [-0.25, -0.2) is 0 Å². The molecular weight excluding hydrogens is 384 g/mol. The van der Waals surface area contributed by atoms with Crippen molar-refractivity contribution in [3.63, 3.8) is 0 Å². The van der Waals surface area contributed by atoms with Crippen LogP contribution in [0.4, 0.5) is 0 Å². The van der Waals surface area contributed by atoms with Gasteiger partial charge in [-0.3, -0.25) is 9.59 Å². The molecule has 5 N–H and O–H groups in total. The Bertz CT molecular complexity index is 793. The summed E-state index contributed by atoms with van der Waals surface area (Å²) in [5.41, 5.74) is 11.5. The molecule has 5 aliphatic carbocycles. The third-order valence-electron chi connectivity index (χ3n) is 8.60. The lowest BCUT2D eigenvalue weighted by molar-refractivity contribution is -0.208. The lowest BCUT2D eigenvalue weighted by atomic mass is 9.46. The SMILES string of the molecule is CC(O)C(N)C(=O)O[C@@]12CC3C[C@H](C1)C[C@@]([C@H](N)C(=O)N1C4CC4C[C@H]1C#N)(C3)C2. The minimum absolute atomic E-state index is 0.101. The van der Waals surface area contributed by atoms with Gasteiger partial charge >= 0.3 is 5.97 Å². The van der Waals surface area contributed by atoms with E-state index in [9.17, 15) is 20.0 Å². The lowest BCUT2D eigenvalue weighted by Gasteiger charge is -2.62. The summed E-state index contributed by atoms with van der Waals surface area (Å²) in [5, 5.41) is 19.2. The van der Waals surface area contributed by atoms with Crippen LogP contribution in [0.3, 0.4) is 0 Å². The molecule has 4 bridgehead atoms. The Hall–Kier alpha value is -1.69. The van der Waals surface area contributed by atoms with Gasteiger partial charge in [0.15, 0.2) is 0 Å². The number of carbonyl (C=O) groups is 2. The molecule has 0 aromatic rings. The van der Waals surface area contributed by atoms with Crippen LogP contribution < -0.4 is 11.5 Å². The Morgan fingerprint density at radius 1 is 1.17 bits per heavy atom. The largest absolute Gasteiger partial charge is 0.458 e. The second kappa shape index (κ2) is 6.65. The van der Waals surface area contributed by atoms with Gasteiger partial charge in [-0.15, -0.1) is 0 Å². The van der Waals surface area contributed by atoms with E-state index in [1.165, 1.54) is 6.92 Å². The number of hydrogen-bond donors (Lipinski definition) is 3. The molecule has 1 amide bonds. The highest BCUT2D eigenvalue weighted by Gasteiger charge is 2.64. The number of aliphatic hydroxyl groups is 1. The number of nitrogens with two attached hydrogens (primary N) is 2.